The number of halogens is 2. The number of carbonyl (C=O) groups is 2. The van der Waals surface area contributed by atoms with Gasteiger partial charge in [-0.2, -0.15) is 0 Å². The van der Waals surface area contributed by atoms with Crippen molar-refractivity contribution in [2.24, 2.45) is 0 Å². The molecule has 0 aliphatic heterocycles. The Kier molecular flexibility index (Phi) is 7.01. The Morgan fingerprint density at radius 1 is 1.11 bits per heavy atom. The summed E-state index contributed by atoms with van der Waals surface area (Å²) in [6, 6.07) is 8.83. The summed E-state index contributed by atoms with van der Waals surface area (Å²) in [7, 11) is 2.89. The third kappa shape index (κ3) is 5.34. The summed E-state index contributed by atoms with van der Waals surface area (Å²) in [6.07, 6.45) is 0. The van der Waals surface area contributed by atoms with Crippen LogP contribution in [0.15, 0.2) is 36.4 Å². The fraction of sp³-hybridized carbons (Fsp3) is 0.263. The van der Waals surface area contributed by atoms with Gasteiger partial charge in [0.15, 0.2) is 0 Å². The highest BCUT2D eigenvalue weighted by atomic mass is 35.5. The molecule has 0 radical (unpaired) electrons. The van der Waals surface area contributed by atoms with Gasteiger partial charge < -0.3 is 14.8 Å². The Bertz CT molecular complexity index is 827. The molecule has 0 atom stereocenters. The fourth-order valence-electron chi connectivity index (χ4n) is 2.42. The lowest BCUT2D eigenvalue weighted by atomic mass is 10.2. The molecule has 8 heteroatoms. The van der Waals surface area contributed by atoms with Crippen LogP contribution in [0.3, 0.4) is 0 Å². The molecule has 2 rings (SSSR count). The van der Waals surface area contributed by atoms with Crippen molar-refractivity contribution in [2.75, 3.05) is 25.7 Å². The lowest BCUT2D eigenvalue weighted by molar-refractivity contribution is -0.123. The molecule has 0 fully saturated rings. The maximum atomic E-state index is 12.9. The third-order valence-corrected chi connectivity index (χ3v) is 4.12. The highest BCUT2D eigenvalue weighted by Gasteiger charge is 2.21. The second-order valence-corrected chi connectivity index (χ2v) is 6.07. The Morgan fingerprint density at radius 2 is 1.74 bits per heavy atom. The molecule has 0 unspecified atom stereocenters. The lowest BCUT2D eigenvalue weighted by Gasteiger charge is -2.23. The quantitative estimate of drug-likeness (QED) is 0.783. The summed E-state index contributed by atoms with van der Waals surface area (Å²) in [4.78, 5) is 25.7. The van der Waals surface area contributed by atoms with E-state index in [2.05, 4.69) is 5.32 Å². The Hall–Kier alpha value is -2.80. The van der Waals surface area contributed by atoms with E-state index in [0.717, 1.165) is 5.56 Å². The number of carbonyl (C=O) groups excluding carboxylic acids is 2. The standard InChI is InChI=1S/C19H20ClFN2O4/c1-12(24)23(16-9-17(26-2)15(20)8-18(16)27-3)11-19(25)22-10-13-4-6-14(21)7-5-13/h4-9H,10-11H2,1-3H3,(H,22,25). The highest BCUT2D eigenvalue weighted by Crippen LogP contribution is 2.38. The minimum atomic E-state index is -0.384. The third-order valence-electron chi connectivity index (χ3n) is 3.83. The number of hydrogen-bond donors (Lipinski definition) is 1. The average molecular weight is 395 g/mol. The number of anilines is 1. The van der Waals surface area contributed by atoms with Crippen molar-refractivity contribution in [1.82, 2.24) is 5.32 Å². The lowest BCUT2D eigenvalue weighted by Crippen LogP contribution is -2.39. The van der Waals surface area contributed by atoms with Crippen LogP contribution in [-0.2, 0) is 16.1 Å². The van der Waals surface area contributed by atoms with E-state index in [9.17, 15) is 14.0 Å². The van der Waals surface area contributed by atoms with Crippen molar-refractivity contribution in [1.29, 1.82) is 0 Å². The van der Waals surface area contributed by atoms with Gasteiger partial charge in [0.2, 0.25) is 11.8 Å². The fourth-order valence-corrected chi connectivity index (χ4v) is 2.65. The molecule has 0 saturated carbocycles. The molecule has 27 heavy (non-hydrogen) atoms. The van der Waals surface area contributed by atoms with Gasteiger partial charge >= 0.3 is 0 Å². The molecule has 0 aliphatic rings. The Balaban J connectivity index is 2.16. The van der Waals surface area contributed by atoms with Gasteiger partial charge in [-0.3, -0.25) is 14.5 Å². The normalized spacial score (nSPS) is 10.3. The number of ether oxygens (including phenoxy) is 2. The van der Waals surface area contributed by atoms with Gasteiger partial charge in [-0.05, 0) is 17.7 Å². The van der Waals surface area contributed by atoms with Crippen molar-refractivity contribution in [3.8, 4) is 11.5 Å². The smallest absolute Gasteiger partial charge is 0.240 e. The predicted molar refractivity (Wildman–Crippen MR) is 101 cm³/mol. The summed E-state index contributed by atoms with van der Waals surface area (Å²) in [6.45, 7) is 1.33. The van der Waals surface area contributed by atoms with Gasteiger partial charge in [-0.15, -0.1) is 0 Å². The minimum Gasteiger partial charge on any atom is -0.495 e. The van der Waals surface area contributed by atoms with Crippen LogP contribution in [0.4, 0.5) is 10.1 Å². The molecule has 2 amide bonds. The van der Waals surface area contributed by atoms with Crippen LogP contribution in [-0.4, -0.2) is 32.6 Å². The van der Waals surface area contributed by atoms with Gasteiger partial charge in [0.05, 0.1) is 24.9 Å². The van der Waals surface area contributed by atoms with E-state index < -0.39 is 0 Å². The molecule has 6 nitrogen and oxygen atoms in total. The largest absolute Gasteiger partial charge is 0.495 e. The molecule has 0 bridgehead atoms. The molecule has 0 aliphatic carbocycles. The second-order valence-electron chi connectivity index (χ2n) is 5.67. The molecule has 0 heterocycles. The summed E-state index contributed by atoms with van der Waals surface area (Å²) in [5, 5.41) is 3.02. The average Bonchev–Trinajstić information content (AvgIpc) is 2.65. The number of methoxy groups -OCH3 is 2. The van der Waals surface area contributed by atoms with Crippen LogP contribution >= 0.6 is 11.6 Å². The van der Waals surface area contributed by atoms with Gasteiger partial charge in [0.25, 0.3) is 0 Å². The molecule has 0 aromatic heterocycles. The van der Waals surface area contributed by atoms with Gasteiger partial charge in [0.1, 0.15) is 23.9 Å². The number of amides is 2. The Morgan fingerprint density at radius 3 is 2.30 bits per heavy atom. The zero-order chi connectivity index (χ0) is 20.0. The molecule has 0 spiro atoms. The van der Waals surface area contributed by atoms with Gasteiger partial charge in [0, 0.05) is 25.6 Å². The Labute approximate surface area is 161 Å². The first-order valence-electron chi connectivity index (χ1n) is 8.06. The minimum absolute atomic E-state index is 0.214. The van der Waals surface area contributed by atoms with Crippen LogP contribution in [0.2, 0.25) is 5.02 Å². The van der Waals surface area contributed by atoms with Crippen LogP contribution in [0, 0.1) is 5.82 Å². The molecule has 144 valence electrons. The number of nitrogens with zero attached hydrogens (tertiary/aromatic N) is 1. The molecule has 2 aromatic rings. The second kappa shape index (κ2) is 9.23. The van der Waals surface area contributed by atoms with Crippen molar-refractivity contribution >= 4 is 29.1 Å². The number of benzene rings is 2. The molecule has 1 N–H and O–H groups in total. The highest BCUT2D eigenvalue weighted by molar-refractivity contribution is 6.32. The van der Waals surface area contributed by atoms with Crippen LogP contribution in [0.5, 0.6) is 11.5 Å². The van der Waals surface area contributed by atoms with E-state index in [1.165, 1.54) is 50.3 Å². The summed E-state index contributed by atoms with van der Waals surface area (Å²) in [5.41, 5.74) is 1.10. The van der Waals surface area contributed by atoms with E-state index >= 15 is 0 Å². The summed E-state index contributed by atoms with van der Waals surface area (Å²) >= 11 is 6.08. The molecule has 2 aromatic carbocycles. The van der Waals surface area contributed by atoms with E-state index in [-0.39, 0.29) is 30.7 Å². The first kappa shape index (κ1) is 20.5. The van der Waals surface area contributed by atoms with Crippen LogP contribution in [0.25, 0.3) is 0 Å². The van der Waals surface area contributed by atoms with Crippen LogP contribution < -0.4 is 19.7 Å². The number of hydrogen-bond acceptors (Lipinski definition) is 4. The van der Waals surface area contributed by atoms with Crippen molar-refractivity contribution in [3.05, 3.63) is 52.8 Å². The summed E-state index contributed by atoms with van der Waals surface area (Å²) in [5.74, 6) is -0.399. The topological polar surface area (TPSA) is 67.9 Å². The monoisotopic (exact) mass is 394 g/mol. The molecule has 0 saturated heterocycles. The van der Waals surface area contributed by atoms with Crippen LogP contribution in [0.1, 0.15) is 12.5 Å². The first-order valence-corrected chi connectivity index (χ1v) is 8.44. The number of nitrogens with one attached hydrogen (secondary N) is 1. The van der Waals surface area contributed by atoms with Gasteiger partial charge in [-0.25, -0.2) is 4.39 Å². The van der Waals surface area contributed by atoms with Crippen molar-refractivity contribution in [2.45, 2.75) is 13.5 Å². The SMILES string of the molecule is COc1cc(N(CC(=O)NCc2ccc(F)cc2)C(C)=O)c(OC)cc1Cl. The van der Waals surface area contributed by atoms with Crippen molar-refractivity contribution in [3.63, 3.8) is 0 Å². The maximum Gasteiger partial charge on any atom is 0.240 e. The van der Waals surface area contributed by atoms with Crippen molar-refractivity contribution < 1.29 is 23.5 Å². The number of rotatable bonds is 7. The molecular formula is C19H20ClFN2O4. The first-order chi connectivity index (χ1) is 12.8. The summed E-state index contributed by atoms with van der Waals surface area (Å²) < 4.78 is 23.4. The predicted octanol–water partition coefficient (Wildman–Crippen LogP) is 3.17. The van der Waals surface area contributed by atoms with E-state index in [4.69, 9.17) is 21.1 Å². The van der Waals surface area contributed by atoms with E-state index in [1.54, 1.807) is 12.1 Å². The van der Waals surface area contributed by atoms with E-state index in [0.29, 0.717) is 22.2 Å². The van der Waals surface area contributed by atoms with Gasteiger partial charge in [-0.1, -0.05) is 23.7 Å². The zero-order valence-corrected chi connectivity index (χ0v) is 16.0. The van der Waals surface area contributed by atoms with E-state index in [1.807, 2.05) is 0 Å². The zero-order valence-electron chi connectivity index (χ0n) is 15.2. The maximum absolute atomic E-state index is 12.9. The molecular weight excluding hydrogens is 375 g/mol.